The number of ether oxygens (including phenoxy) is 1. The second-order valence-corrected chi connectivity index (χ2v) is 4.84. The summed E-state index contributed by atoms with van der Waals surface area (Å²) in [5.41, 5.74) is 0.0263. The summed E-state index contributed by atoms with van der Waals surface area (Å²) in [5, 5.41) is 20.3. The smallest absolute Gasteiger partial charge is 0.363 e. The van der Waals surface area contributed by atoms with E-state index in [9.17, 15) is 20.0 Å². The Kier molecular flexibility index (Phi) is 3.51. The maximum absolute atomic E-state index is 11.4. The van der Waals surface area contributed by atoms with Crippen molar-refractivity contribution in [2.45, 2.75) is 6.92 Å². The highest BCUT2D eigenvalue weighted by molar-refractivity contribution is 14.1. The van der Waals surface area contributed by atoms with E-state index in [0.717, 1.165) is 0 Å². The number of carbonyl (C=O) groups excluding carboxylic acids is 1. The molecule has 19 heavy (non-hydrogen) atoms. The number of halogens is 1. The molecule has 1 aromatic rings. The molecule has 1 heterocycles. The van der Waals surface area contributed by atoms with Crippen molar-refractivity contribution in [1.29, 1.82) is 0 Å². The van der Waals surface area contributed by atoms with Crippen LogP contribution in [0.4, 0.5) is 5.69 Å². The number of aliphatic imine (C=N–C) groups is 1. The number of nitro groups is 1. The summed E-state index contributed by atoms with van der Waals surface area (Å²) in [6.45, 7) is 1.53. The summed E-state index contributed by atoms with van der Waals surface area (Å²) in [4.78, 5) is 25.3. The monoisotopic (exact) mass is 374 g/mol. The van der Waals surface area contributed by atoms with E-state index in [1.54, 1.807) is 22.6 Å². The van der Waals surface area contributed by atoms with Gasteiger partial charge in [-0.2, -0.15) is 0 Å². The largest absolute Gasteiger partial charge is 0.501 e. The maximum Gasteiger partial charge on any atom is 0.363 e. The molecular formula is C11H7IN2O5. The number of nitro benzene ring substituents is 1. The molecule has 0 amide bonds. The van der Waals surface area contributed by atoms with Crippen LogP contribution in [0.3, 0.4) is 0 Å². The first-order valence-corrected chi connectivity index (χ1v) is 6.12. The molecule has 0 fully saturated rings. The van der Waals surface area contributed by atoms with Crippen molar-refractivity contribution in [3.05, 3.63) is 37.1 Å². The van der Waals surface area contributed by atoms with E-state index in [0.29, 0.717) is 9.13 Å². The predicted molar refractivity (Wildman–Crippen MR) is 74.7 cm³/mol. The molecule has 8 heteroatoms. The Bertz CT molecular complexity index is 651. The number of cyclic esters (lactones) is 1. The highest BCUT2D eigenvalue weighted by atomic mass is 127. The van der Waals surface area contributed by atoms with E-state index in [1.807, 2.05) is 0 Å². The van der Waals surface area contributed by atoms with E-state index in [4.69, 9.17) is 4.74 Å². The molecule has 1 aliphatic heterocycles. The fourth-order valence-electron chi connectivity index (χ4n) is 1.50. The molecule has 0 spiro atoms. The number of carbonyl (C=O) groups is 1. The van der Waals surface area contributed by atoms with Gasteiger partial charge in [0.25, 0.3) is 0 Å². The first-order valence-electron chi connectivity index (χ1n) is 5.04. The van der Waals surface area contributed by atoms with Gasteiger partial charge in [0.2, 0.25) is 5.75 Å². The zero-order chi connectivity index (χ0) is 14.2. The average Bonchev–Trinajstić information content (AvgIpc) is 2.62. The third-order valence-electron chi connectivity index (χ3n) is 2.29. The SMILES string of the molecule is CC1=N/C(=C/c2cc(I)c(O)c([N+](=O)[O-])c2)C(=O)O1. The van der Waals surface area contributed by atoms with E-state index in [2.05, 4.69) is 4.99 Å². The molecule has 0 aromatic heterocycles. The lowest BCUT2D eigenvalue weighted by Crippen LogP contribution is -2.00. The van der Waals surface area contributed by atoms with Crippen LogP contribution in [0.25, 0.3) is 6.08 Å². The number of nitrogens with zero attached hydrogens (tertiary/aromatic N) is 2. The minimum absolute atomic E-state index is 0.0632. The first-order chi connectivity index (χ1) is 8.88. The van der Waals surface area contributed by atoms with Crippen molar-refractivity contribution in [2.75, 3.05) is 0 Å². The number of esters is 1. The molecule has 0 aliphatic carbocycles. The van der Waals surface area contributed by atoms with Crippen LogP contribution in [-0.2, 0) is 9.53 Å². The number of phenols is 1. The van der Waals surface area contributed by atoms with Crippen molar-refractivity contribution in [2.24, 2.45) is 4.99 Å². The van der Waals surface area contributed by atoms with Crippen LogP contribution in [-0.4, -0.2) is 21.9 Å². The third kappa shape index (κ3) is 2.72. The zero-order valence-corrected chi connectivity index (χ0v) is 11.7. The number of hydrogen-bond donors (Lipinski definition) is 1. The summed E-state index contributed by atoms with van der Waals surface area (Å²) in [6.07, 6.45) is 1.37. The molecule has 0 radical (unpaired) electrons. The molecule has 0 bridgehead atoms. The van der Waals surface area contributed by atoms with E-state index in [1.165, 1.54) is 25.1 Å². The van der Waals surface area contributed by atoms with Crippen molar-refractivity contribution in [3.8, 4) is 5.75 Å². The molecule has 7 nitrogen and oxygen atoms in total. The quantitative estimate of drug-likeness (QED) is 0.281. The second kappa shape index (κ2) is 4.96. The lowest BCUT2D eigenvalue weighted by molar-refractivity contribution is -0.386. The highest BCUT2D eigenvalue weighted by Gasteiger charge is 2.21. The zero-order valence-electron chi connectivity index (χ0n) is 9.58. The number of phenolic OH excluding ortho intramolecular Hbond substituents is 1. The lowest BCUT2D eigenvalue weighted by Gasteiger charge is -2.01. The Morgan fingerprint density at radius 1 is 1.53 bits per heavy atom. The number of benzene rings is 1. The van der Waals surface area contributed by atoms with Crippen LogP contribution in [0.2, 0.25) is 0 Å². The topological polar surface area (TPSA) is 102 Å². The van der Waals surface area contributed by atoms with Crippen molar-refractivity contribution < 1.29 is 19.6 Å². The lowest BCUT2D eigenvalue weighted by atomic mass is 10.1. The molecular weight excluding hydrogens is 367 g/mol. The summed E-state index contributed by atoms with van der Waals surface area (Å²) < 4.78 is 5.05. The van der Waals surface area contributed by atoms with Gasteiger partial charge in [-0.3, -0.25) is 10.1 Å². The van der Waals surface area contributed by atoms with E-state index in [-0.39, 0.29) is 11.6 Å². The molecule has 1 aliphatic rings. The van der Waals surface area contributed by atoms with Gasteiger partial charge < -0.3 is 9.84 Å². The molecule has 1 aromatic carbocycles. The molecule has 98 valence electrons. The fourth-order valence-corrected chi connectivity index (χ4v) is 2.14. The summed E-state index contributed by atoms with van der Waals surface area (Å²) >= 11 is 1.77. The van der Waals surface area contributed by atoms with Crippen molar-refractivity contribution >= 4 is 46.2 Å². The van der Waals surface area contributed by atoms with Gasteiger partial charge >= 0.3 is 11.7 Å². The Morgan fingerprint density at radius 3 is 2.74 bits per heavy atom. The second-order valence-electron chi connectivity index (χ2n) is 3.68. The Balaban J connectivity index is 2.50. The van der Waals surface area contributed by atoms with Crippen molar-refractivity contribution in [3.63, 3.8) is 0 Å². The fraction of sp³-hybridized carbons (Fsp3) is 0.0909. The van der Waals surface area contributed by atoms with Gasteiger partial charge in [-0.25, -0.2) is 9.79 Å². The maximum atomic E-state index is 11.4. The molecule has 0 saturated carbocycles. The summed E-state index contributed by atoms with van der Waals surface area (Å²) in [5.74, 6) is -0.788. The highest BCUT2D eigenvalue weighted by Crippen LogP contribution is 2.33. The first kappa shape index (κ1) is 13.5. The van der Waals surface area contributed by atoms with Crippen molar-refractivity contribution in [1.82, 2.24) is 0 Å². The minimum atomic E-state index is -0.693. The van der Waals surface area contributed by atoms with Crippen LogP contribution in [0.5, 0.6) is 5.75 Å². The van der Waals surface area contributed by atoms with E-state index >= 15 is 0 Å². The van der Waals surface area contributed by atoms with Crippen LogP contribution in [0.15, 0.2) is 22.8 Å². The Hall–Kier alpha value is -1.97. The van der Waals surface area contributed by atoms with Gasteiger partial charge in [0, 0.05) is 13.0 Å². The van der Waals surface area contributed by atoms with Gasteiger partial charge in [-0.1, -0.05) is 0 Å². The number of hydrogen-bond acceptors (Lipinski definition) is 6. The molecule has 0 saturated heterocycles. The summed E-state index contributed by atoms with van der Waals surface area (Å²) in [7, 11) is 0. The molecule has 0 unspecified atom stereocenters. The van der Waals surface area contributed by atoms with Gasteiger partial charge in [0.05, 0.1) is 8.49 Å². The molecule has 0 atom stereocenters. The summed E-state index contributed by atoms with van der Waals surface area (Å²) in [6, 6.07) is 2.67. The molecule has 2 rings (SSSR count). The van der Waals surface area contributed by atoms with Gasteiger partial charge in [0.1, 0.15) is 0 Å². The van der Waals surface area contributed by atoms with Crippen LogP contribution >= 0.6 is 22.6 Å². The molecule has 1 N–H and O–H groups in total. The Labute approximate surface area is 120 Å². The van der Waals surface area contributed by atoms with E-state index < -0.39 is 22.3 Å². The van der Waals surface area contributed by atoms with Gasteiger partial charge in [0.15, 0.2) is 11.6 Å². The standard InChI is InChI=1S/C11H7IN2O5/c1-5-13-8(11(16)19-5)3-6-2-7(12)10(15)9(4-6)14(17)18/h2-4,15H,1H3/b8-3+. The van der Waals surface area contributed by atoms with Gasteiger partial charge in [-0.05, 0) is 40.3 Å². The average molecular weight is 374 g/mol. The number of aromatic hydroxyl groups is 1. The minimum Gasteiger partial charge on any atom is -0.501 e. The Morgan fingerprint density at radius 2 is 2.21 bits per heavy atom. The van der Waals surface area contributed by atoms with Gasteiger partial charge in [-0.15, -0.1) is 0 Å². The third-order valence-corrected chi connectivity index (χ3v) is 3.12. The number of rotatable bonds is 2. The predicted octanol–water partition coefficient (Wildman–Crippen LogP) is 2.22. The van der Waals surface area contributed by atoms with Crippen LogP contribution < -0.4 is 0 Å². The normalized spacial score (nSPS) is 16.4. The van der Waals surface area contributed by atoms with Crippen LogP contribution in [0.1, 0.15) is 12.5 Å². The van der Waals surface area contributed by atoms with Crippen LogP contribution in [0, 0.1) is 13.7 Å².